The summed E-state index contributed by atoms with van der Waals surface area (Å²) in [5.74, 6) is 0.679. The third kappa shape index (κ3) is 1.34. The normalized spacial score (nSPS) is 21.8. The van der Waals surface area contributed by atoms with E-state index >= 15 is 0 Å². The zero-order valence-corrected chi connectivity index (χ0v) is 9.35. The van der Waals surface area contributed by atoms with E-state index in [1.54, 1.807) is 6.33 Å². The van der Waals surface area contributed by atoms with Crippen LogP contribution < -0.4 is 0 Å². The Morgan fingerprint density at radius 2 is 2.38 bits per heavy atom. The molecule has 2 aliphatic rings. The van der Waals surface area contributed by atoms with Crippen LogP contribution in [0, 0.1) is 0 Å². The van der Waals surface area contributed by atoms with Crippen LogP contribution in [-0.4, -0.2) is 27.3 Å². The number of carbonyl (C=O) groups is 1. The topological polar surface area (TPSA) is 57.0 Å². The maximum Gasteiger partial charge on any atom is 0.319 e. The first-order chi connectivity index (χ1) is 7.78. The molecule has 5 nitrogen and oxygen atoms in total. The fourth-order valence-electron chi connectivity index (χ4n) is 2.12. The number of ether oxygens (including phenoxy) is 1. The molecule has 0 aliphatic heterocycles. The molecule has 0 aromatic carbocycles. The second-order valence-corrected chi connectivity index (χ2v) is 4.60. The van der Waals surface area contributed by atoms with Crippen LogP contribution in [0.25, 0.3) is 0 Å². The molecule has 0 radical (unpaired) electrons. The SMILES string of the molecule is CCOC(=O)C1(c2nncn2C2CC2)CC1. The van der Waals surface area contributed by atoms with Crippen LogP contribution in [0.15, 0.2) is 6.33 Å². The quantitative estimate of drug-likeness (QED) is 0.717. The summed E-state index contributed by atoms with van der Waals surface area (Å²) in [4.78, 5) is 11.9. The van der Waals surface area contributed by atoms with Gasteiger partial charge in [0.2, 0.25) is 0 Å². The van der Waals surface area contributed by atoms with E-state index in [0.717, 1.165) is 18.7 Å². The van der Waals surface area contributed by atoms with Crippen molar-refractivity contribution < 1.29 is 9.53 Å². The van der Waals surface area contributed by atoms with Gasteiger partial charge in [0.25, 0.3) is 0 Å². The van der Waals surface area contributed by atoms with Crippen molar-refractivity contribution in [2.45, 2.75) is 44.1 Å². The molecule has 0 saturated heterocycles. The summed E-state index contributed by atoms with van der Waals surface area (Å²) >= 11 is 0. The lowest BCUT2D eigenvalue weighted by Crippen LogP contribution is -2.27. The molecular formula is C11H15N3O2. The Kier molecular flexibility index (Phi) is 2.02. The number of carbonyl (C=O) groups excluding carboxylic acids is 1. The van der Waals surface area contributed by atoms with E-state index in [2.05, 4.69) is 14.8 Å². The average Bonchev–Trinajstić information content (AvgIpc) is 3.19. The Morgan fingerprint density at radius 3 is 2.94 bits per heavy atom. The smallest absolute Gasteiger partial charge is 0.319 e. The van der Waals surface area contributed by atoms with Crippen LogP contribution in [0.5, 0.6) is 0 Å². The lowest BCUT2D eigenvalue weighted by molar-refractivity contribution is -0.146. The predicted molar refractivity (Wildman–Crippen MR) is 55.8 cm³/mol. The molecule has 0 atom stereocenters. The highest BCUT2D eigenvalue weighted by Crippen LogP contribution is 2.50. The molecule has 16 heavy (non-hydrogen) atoms. The molecule has 1 aromatic heterocycles. The van der Waals surface area contributed by atoms with E-state index in [-0.39, 0.29) is 5.97 Å². The minimum Gasteiger partial charge on any atom is -0.465 e. The van der Waals surface area contributed by atoms with Crippen LogP contribution >= 0.6 is 0 Å². The van der Waals surface area contributed by atoms with E-state index in [1.165, 1.54) is 12.8 Å². The van der Waals surface area contributed by atoms with E-state index < -0.39 is 5.41 Å². The number of nitrogens with zero attached hydrogens (tertiary/aromatic N) is 3. The van der Waals surface area contributed by atoms with E-state index in [1.807, 2.05) is 6.92 Å². The molecule has 2 saturated carbocycles. The molecule has 5 heteroatoms. The van der Waals surface area contributed by atoms with Gasteiger partial charge < -0.3 is 9.30 Å². The van der Waals surface area contributed by atoms with Crippen LogP contribution in [0.2, 0.25) is 0 Å². The van der Waals surface area contributed by atoms with Crippen molar-refractivity contribution in [2.24, 2.45) is 0 Å². The highest BCUT2D eigenvalue weighted by Gasteiger charge is 2.57. The zero-order valence-electron chi connectivity index (χ0n) is 9.35. The van der Waals surface area contributed by atoms with Gasteiger partial charge in [0.15, 0.2) is 5.82 Å². The van der Waals surface area contributed by atoms with E-state index in [4.69, 9.17) is 4.74 Å². The summed E-state index contributed by atoms with van der Waals surface area (Å²) in [5.41, 5.74) is -0.477. The van der Waals surface area contributed by atoms with Gasteiger partial charge >= 0.3 is 5.97 Å². The molecule has 3 rings (SSSR count). The van der Waals surface area contributed by atoms with Crippen molar-refractivity contribution >= 4 is 5.97 Å². The van der Waals surface area contributed by atoms with E-state index in [9.17, 15) is 4.79 Å². The van der Waals surface area contributed by atoms with Gasteiger partial charge in [-0.2, -0.15) is 0 Å². The first-order valence-electron chi connectivity index (χ1n) is 5.85. The molecule has 0 amide bonds. The van der Waals surface area contributed by atoms with Gasteiger partial charge in [-0.3, -0.25) is 4.79 Å². The maximum atomic E-state index is 11.9. The number of aromatic nitrogens is 3. The Labute approximate surface area is 93.8 Å². The minimum atomic E-state index is -0.477. The van der Waals surface area contributed by atoms with Crippen LogP contribution in [0.1, 0.15) is 44.5 Å². The van der Waals surface area contributed by atoms with Gasteiger partial charge in [0, 0.05) is 6.04 Å². The van der Waals surface area contributed by atoms with Gasteiger partial charge in [-0.1, -0.05) is 0 Å². The van der Waals surface area contributed by atoms with Crippen molar-refractivity contribution in [1.82, 2.24) is 14.8 Å². The molecule has 0 bridgehead atoms. The largest absolute Gasteiger partial charge is 0.465 e. The number of hydrogen-bond acceptors (Lipinski definition) is 4. The Hall–Kier alpha value is -1.39. The molecule has 1 aromatic rings. The molecule has 86 valence electrons. The molecule has 0 unspecified atom stereocenters. The van der Waals surface area contributed by atoms with Crippen LogP contribution in [0.4, 0.5) is 0 Å². The third-order valence-electron chi connectivity index (χ3n) is 3.36. The number of rotatable bonds is 4. The summed E-state index contributed by atoms with van der Waals surface area (Å²) in [6.07, 6.45) is 5.77. The van der Waals surface area contributed by atoms with Crippen LogP contribution in [0.3, 0.4) is 0 Å². The van der Waals surface area contributed by atoms with Gasteiger partial charge in [-0.15, -0.1) is 10.2 Å². The lowest BCUT2D eigenvalue weighted by Gasteiger charge is -2.14. The Morgan fingerprint density at radius 1 is 1.62 bits per heavy atom. The Bertz CT molecular complexity index is 419. The summed E-state index contributed by atoms with van der Waals surface area (Å²) < 4.78 is 7.19. The second-order valence-electron chi connectivity index (χ2n) is 4.60. The minimum absolute atomic E-state index is 0.134. The fourth-order valence-corrected chi connectivity index (χ4v) is 2.12. The number of hydrogen-bond donors (Lipinski definition) is 0. The molecular weight excluding hydrogens is 206 g/mol. The van der Waals surface area contributed by atoms with Gasteiger partial charge in [-0.25, -0.2) is 0 Å². The molecule has 0 N–H and O–H groups in total. The monoisotopic (exact) mass is 221 g/mol. The van der Waals surface area contributed by atoms with Crippen molar-refractivity contribution in [1.29, 1.82) is 0 Å². The fraction of sp³-hybridized carbons (Fsp3) is 0.727. The molecule has 2 aliphatic carbocycles. The Balaban J connectivity index is 1.90. The maximum absolute atomic E-state index is 11.9. The van der Waals surface area contributed by atoms with Crippen LogP contribution in [-0.2, 0) is 14.9 Å². The summed E-state index contributed by atoms with van der Waals surface area (Å²) in [5, 5.41) is 8.06. The first kappa shape index (κ1) is 9.81. The van der Waals surface area contributed by atoms with Gasteiger partial charge in [-0.05, 0) is 32.6 Å². The summed E-state index contributed by atoms with van der Waals surface area (Å²) in [6.45, 7) is 2.26. The average molecular weight is 221 g/mol. The van der Waals surface area contributed by atoms with Crippen molar-refractivity contribution in [3.63, 3.8) is 0 Å². The number of esters is 1. The highest BCUT2D eigenvalue weighted by atomic mass is 16.5. The van der Waals surface area contributed by atoms with E-state index in [0.29, 0.717) is 12.6 Å². The second kappa shape index (κ2) is 3.30. The molecule has 2 fully saturated rings. The van der Waals surface area contributed by atoms with Crippen molar-refractivity contribution in [2.75, 3.05) is 6.61 Å². The lowest BCUT2D eigenvalue weighted by atomic mass is 10.1. The molecule has 1 heterocycles. The zero-order chi connectivity index (χ0) is 11.2. The van der Waals surface area contributed by atoms with Gasteiger partial charge in [0.1, 0.15) is 11.7 Å². The van der Waals surface area contributed by atoms with Crippen molar-refractivity contribution in [3.8, 4) is 0 Å². The molecule has 0 spiro atoms. The summed E-state index contributed by atoms with van der Waals surface area (Å²) in [7, 11) is 0. The first-order valence-corrected chi connectivity index (χ1v) is 5.85. The third-order valence-corrected chi connectivity index (χ3v) is 3.36. The standard InChI is InChI=1S/C11H15N3O2/c1-2-16-10(15)11(5-6-11)9-13-12-7-14(9)8-3-4-8/h7-8H,2-6H2,1H3. The van der Waals surface area contributed by atoms with Gasteiger partial charge in [0.05, 0.1) is 6.61 Å². The predicted octanol–water partition coefficient (Wildman–Crippen LogP) is 1.21. The summed E-state index contributed by atoms with van der Waals surface area (Å²) in [6, 6.07) is 0.511. The van der Waals surface area contributed by atoms with Crippen molar-refractivity contribution in [3.05, 3.63) is 12.2 Å². The highest BCUT2D eigenvalue weighted by molar-refractivity contribution is 5.85.